The molecule has 1 unspecified atom stereocenters. The number of methoxy groups -OCH3 is 1. The summed E-state index contributed by atoms with van der Waals surface area (Å²) in [5.74, 6) is 1.62. The molecule has 0 aromatic heterocycles. The summed E-state index contributed by atoms with van der Waals surface area (Å²) in [4.78, 5) is 0. The molecule has 0 saturated carbocycles. The van der Waals surface area contributed by atoms with Gasteiger partial charge >= 0.3 is 0 Å². The highest BCUT2D eigenvalue weighted by Gasteiger charge is 2.30. The first-order valence-electron chi connectivity index (χ1n) is 8.65. The van der Waals surface area contributed by atoms with Crippen molar-refractivity contribution in [1.82, 2.24) is 0 Å². The van der Waals surface area contributed by atoms with Crippen LogP contribution in [0.3, 0.4) is 0 Å². The van der Waals surface area contributed by atoms with Gasteiger partial charge < -0.3 is 24.4 Å². The van der Waals surface area contributed by atoms with Crippen LogP contribution in [-0.2, 0) is 6.42 Å². The zero-order chi connectivity index (χ0) is 18.5. The van der Waals surface area contributed by atoms with Crippen molar-refractivity contribution in [3.05, 3.63) is 47.0 Å². The smallest absolute Gasteiger partial charge is 0.203 e. The van der Waals surface area contributed by atoms with E-state index in [0.717, 1.165) is 29.0 Å². The van der Waals surface area contributed by atoms with E-state index >= 15 is 0 Å². The minimum absolute atomic E-state index is 0.0278. The van der Waals surface area contributed by atoms with Gasteiger partial charge in [-0.25, -0.2) is 0 Å². The highest BCUT2D eigenvalue weighted by atomic mass is 16.5. The van der Waals surface area contributed by atoms with Crippen LogP contribution in [0.5, 0.6) is 28.7 Å². The molecule has 0 amide bonds. The molecular formula is C21H22O5. The third kappa shape index (κ3) is 2.64. The van der Waals surface area contributed by atoms with Gasteiger partial charge in [-0.1, -0.05) is 12.1 Å². The van der Waals surface area contributed by atoms with Gasteiger partial charge in [0.2, 0.25) is 5.75 Å². The van der Waals surface area contributed by atoms with Gasteiger partial charge in [0, 0.05) is 11.5 Å². The van der Waals surface area contributed by atoms with Crippen LogP contribution < -0.4 is 14.2 Å². The summed E-state index contributed by atoms with van der Waals surface area (Å²) in [6.07, 6.45) is 4.81. The molecule has 26 heavy (non-hydrogen) atoms. The Bertz CT molecular complexity index is 898. The molecule has 2 aromatic carbocycles. The van der Waals surface area contributed by atoms with E-state index in [1.165, 1.54) is 13.2 Å². The molecule has 5 nitrogen and oxygen atoms in total. The molecule has 0 bridgehead atoms. The quantitative estimate of drug-likeness (QED) is 0.853. The number of fused-ring (bicyclic) bond motifs is 3. The maximum absolute atomic E-state index is 10.4. The Labute approximate surface area is 152 Å². The highest BCUT2D eigenvalue weighted by molar-refractivity contribution is 5.70. The lowest BCUT2D eigenvalue weighted by molar-refractivity contribution is 0.157. The summed E-state index contributed by atoms with van der Waals surface area (Å²) in [5.41, 5.74) is 2.41. The minimum Gasteiger partial charge on any atom is -0.504 e. The Kier molecular flexibility index (Phi) is 3.75. The normalized spacial score (nSPS) is 19.7. The molecule has 0 saturated heterocycles. The number of phenolic OH excluding ortho intramolecular Hbond substituents is 2. The van der Waals surface area contributed by atoms with Gasteiger partial charge in [-0.3, -0.25) is 0 Å². The first-order valence-corrected chi connectivity index (χ1v) is 8.65. The standard InChI is InChI=1S/C21H22O5/c1-21(2)9-8-15-17(26-21)7-4-12-10-13(11-25-19(12)15)14-5-6-16(22)20(24-3)18(14)23/h4-9,13,22-23H,10-11H2,1-3H3. The van der Waals surface area contributed by atoms with Crippen LogP contribution in [0.2, 0.25) is 0 Å². The zero-order valence-corrected chi connectivity index (χ0v) is 15.1. The van der Waals surface area contributed by atoms with Crippen molar-refractivity contribution in [1.29, 1.82) is 0 Å². The van der Waals surface area contributed by atoms with Crippen molar-refractivity contribution in [2.75, 3.05) is 13.7 Å². The van der Waals surface area contributed by atoms with Gasteiger partial charge in [-0.15, -0.1) is 0 Å². The molecule has 0 aliphatic carbocycles. The third-order valence-electron chi connectivity index (χ3n) is 4.94. The number of ether oxygens (including phenoxy) is 3. The fourth-order valence-corrected chi connectivity index (χ4v) is 3.62. The predicted molar refractivity (Wildman–Crippen MR) is 98.4 cm³/mol. The topological polar surface area (TPSA) is 68.2 Å². The fourth-order valence-electron chi connectivity index (χ4n) is 3.62. The average molecular weight is 354 g/mol. The molecule has 2 aromatic rings. The summed E-state index contributed by atoms with van der Waals surface area (Å²) in [6, 6.07) is 7.25. The lowest BCUT2D eigenvalue weighted by atomic mass is 9.87. The SMILES string of the molecule is COc1c(O)ccc(C2COc3c(ccc4c3C=CC(C)(C)O4)C2)c1O. The predicted octanol–water partition coefficient (Wildman–Crippen LogP) is 4.01. The Morgan fingerprint density at radius 1 is 1.15 bits per heavy atom. The van der Waals surface area contributed by atoms with Gasteiger partial charge in [0.25, 0.3) is 0 Å². The Morgan fingerprint density at radius 2 is 1.96 bits per heavy atom. The first-order chi connectivity index (χ1) is 12.4. The van der Waals surface area contributed by atoms with E-state index < -0.39 is 0 Å². The lowest BCUT2D eigenvalue weighted by Crippen LogP contribution is -2.28. The first kappa shape index (κ1) is 16.6. The van der Waals surface area contributed by atoms with Gasteiger partial charge in [0.05, 0.1) is 19.3 Å². The average Bonchev–Trinajstić information content (AvgIpc) is 2.60. The van der Waals surface area contributed by atoms with E-state index in [9.17, 15) is 10.2 Å². The number of hydrogen-bond acceptors (Lipinski definition) is 5. The summed E-state index contributed by atoms with van der Waals surface area (Å²) in [7, 11) is 1.42. The monoisotopic (exact) mass is 354 g/mol. The summed E-state index contributed by atoms with van der Waals surface area (Å²) in [6.45, 7) is 4.47. The molecule has 2 heterocycles. The molecule has 1 atom stereocenters. The van der Waals surface area contributed by atoms with Crippen LogP contribution in [-0.4, -0.2) is 29.5 Å². The van der Waals surface area contributed by atoms with Crippen molar-refractivity contribution in [2.45, 2.75) is 31.8 Å². The van der Waals surface area contributed by atoms with Gasteiger partial charge in [-0.05, 0) is 50.1 Å². The van der Waals surface area contributed by atoms with E-state index in [4.69, 9.17) is 14.2 Å². The second-order valence-electron chi connectivity index (χ2n) is 7.27. The molecule has 0 radical (unpaired) electrons. The highest BCUT2D eigenvalue weighted by Crippen LogP contribution is 2.46. The third-order valence-corrected chi connectivity index (χ3v) is 4.94. The number of hydrogen-bond donors (Lipinski definition) is 2. The van der Waals surface area contributed by atoms with Crippen LogP contribution in [0.1, 0.15) is 36.5 Å². The van der Waals surface area contributed by atoms with Crippen molar-refractivity contribution in [2.24, 2.45) is 0 Å². The van der Waals surface area contributed by atoms with Crippen LogP contribution in [0, 0.1) is 0 Å². The molecule has 4 rings (SSSR count). The maximum Gasteiger partial charge on any atom is 0.203 e. The number of rotatable bonds is 2. The molecule has 0 fully saturated rings. The Balaban J connectivity index is 1.68. The van der Waals surface area contributed by atoms with E-state index in [1.54, 1.807) is 6.07 Å². The second-order valence-corrected chi connectivity index (χ2v) is 7.27. The summed E-state index contributed by atoms with van der Waals surface area (Å²) in [5, 5.41) is 20.3. The van der Waals surface area contributed by atoms with E-state index in [2.05, 4.69) is 6.08 Å². The lowest BCUT2D eigenvalue weighted by Gasteiger charge is -2.32. The van der Waals surface area contributed by atoms with Crippen molar-refractivity contribution in [3.8, 4) is 28.7 Å². The molecule has 2 aliphatic rings. The van der Waals surface area contributed by atoms with Gasteiger partial charge in [0.1, 0.15) is 17.1 Å². The summed E-state index contributed by atoms with van der Waals surface area (Å²) < 4.78 is 17.2. The zero-order valence-electron chi connectivity index (χ0n) is 15.1. The molecule has 5 heteroatoms. The molecule has 2 N–H and O–H groups in total. The Morgan fingerprint density at radius 3 is 2.73 bits per heavy atom. The van der Waals surface area contributed by atoms with E-state index in [1.807, 2.05) is 32.1 Å². The molecular weight excluding hydrogens is 332 g/mol. The number of benzene rings is 2. The second kappa shape index (κ2) is 5.87. The minimum atomic E-state index is -0.327. The molecule has 136 valence electrons. The number of phenols is 2. The largest absolute Gasteiger partial charge is 0.504 e. The van der Waals surface area contributed by atoms with Crippen molar-refractivity contribution >= 4 is 6.08 Å². The van der Waals surface area contributed by atoms with E-state index in [-0.39, 0.29) is 28.8 Å². The fraction of sp³-hybridized carbons (Fsp3) is 0.333. The maximum atomic E-state index is 10.4. The van der Waals surface area contributed by atoms with E-state index in [0.29, 0.717) is 12.2 Å². The van der Waals surface area contributed by atoms with Crippen molar-refractivity contribution < 1.29 is 24.4 Å². The van der Waals surface area contributed by atoms with Crippen LogP contribution in [0.15, 0.2) is 30.3 Å². The van der Waals surface area contributed by atoms with Crippen LogP contribution >= 0.6 is 0 Å². The van der Waals surface area contributed by atoms with Crippen molar-refractivity contribution in [3.63, 3.8) is 0 Å². The molecule has 2 aliphatic heterocycles. The Hall–Kier alpha value is -2.82. The van der Waals surface area contributed by atoms with Crippen LogP contribution in [0.25, 0.3) is 6.08 Å². The molecule has 0 spiro atoms. The van der Waals surface area contributed by atoms with Gasteiger partial charge in [-0.2, -0.15) is 0 Å². The van der Waals surface area contributed by atoms with Gasteiger partial charge in [0.15, 0.2) is 11.5 Å². The summed E-state index contributed by atoms with van der Waals surface area (Å²) >= 11 is 0. The van der Waals surface area contributed by atoms with Crippen LogP contribution in [0.4, 0.5) is 0 Å². The number of aromatic hydroxyl groups is 2.